The summed E-state index contributed by atoms with van der Waals surface area (Å²) in [5.41, 5.74) is -0.204. The summed E-state index contributed by atoms with van der Waals surface area (Å²) in [4.78, 5) is 11.9. The molecule has 20 heavy (non-hydrogen) atoms. The van der Waals surface area contributed by atoms with Crippen molar-refractivity contribution in [3.05, 3.63) is 0 Å². The molecule has 0 aliphatic heterocycles. The summed E-state index contributed by atoms with van der Waals surface area (Å²) in [5.74, 6) is 2.81. The Morgan fingerprint density at radius 1 is 1.05 bits per heavy atom. The van der Waals surface area contributed by atoms with E-state index in [1.54, 1.807) is 0 Å². The quantitative estimate of drug-likeness (QED) is 0.680. The number of carbonyl (C=O) groups excluding carboxylic acids is 1. The van der Waals surface area contributed by atoms with Crippen LogP contribution in [-0.4, -0.2) is 13.1 Å². The predicted molar refractivity (Wildman–Crippen MR) is 82.4 cm³/mol. The Labute approximate surface area is 124 Å². The van der Waals surface area contributed by atoms with Crippen molar-refractivity contribution in [2.75, 3.05) is 7.11 Å². The topological polar surface area (TPSA) is 26.3 Å². The first-order chi connectivity index (χ1) is 9.59. The van der Waals surface area contributed by atoms with Crippen LogP contribution in [0.1, 0.15) is 78.1 Å². The highest BCUT2D eigenvalue weighted by molar-refractivity contribution is 5.76. The Hall–Kier alpha value is -0.530. The highest BCUT2D eigenvalue weighted by atomic mass is 16.5. The molecule has 2 saturated carbocycles. The fourth-order valence-electron chi connectivity index (χ4n) is 4.56. The number of methoxy groups -OCH3 is 1. The van der Waals surface area contributed by atoms with Gasteiger partial charge in [0.1, 0.15) is 0 Å². The summed E-state index contributed by atoms with van der Waals surface area (Å²) >= 11 is 0. The average Bonchev–Trinajstić information content (AvgIpc) is 2.48. The van der Waals surface area contributed by atoms with Crippen LogP contribution in [0.2, 0.25) is 0 Å². The summed E-state index contributed by atoms with van der Waals surface area (Å²) < 4.78 is 4.98. The Bertz CT molecular complexity index is 307. The molecule has 2 fully saturated rings. The van der Waals surface area contributed by atoms with Gasteiger partial charge in [-0.2, -0.15) is 0 Å². The number of carbonyl (C=O) groups is 1. The van der Waals surface area contributed by atoms with Crippen molar-refractivity contribution in [3.8, 4) is 0 Å². The minimum absolute atomic E-state index is 0.00241. The lowest BCUT2D eigenvalue weighted by Gasteiger charge is -2.40. The van der Waals surface area contributed by atoms with Gasteiger partial charge in [0.15, 0.2) is 0 Å². The number of hydrogen-bond acceptors (Lipinski definition) is 2. The second kappa shape index (κ2) is 6.95. The number of ether oxygens (including phenoxy) is 1. The van der Waals surface area contributed by atoms with E-state index in [9.17, 15) is 4.79 Å². The van der Waals surface area contributed by atoms with Gasteiger partial charge in [-0.1, -0.05) is 32.6 Å². The van der Waals surface area contributed by atoms with Crippen LogP contribution in [0.5, 0.6) is 0 Å². The number of esters is 1. The molecule has 0 radical (unpaired) electrons. The Kier molecular flexibility index (Phi) is 5.51. The summed E-state index contributed by atoms with van der Waals surface area (Å²) in [5, 5.41) is 0. The molecule has 0 aromatic carbocycles. The lowest BCUT2D eigenvalue weighted by atomic mass is 9.65. The van der Waals surface area contributed by atoms with E-state index in [1.165, 1.54) is 58.5 Å². The third-order valence-electron chi connectivity index (χ3n) is 6.07. The molecule has 0 amide bonds. The zero-order valence-corrected chi connectivity index (χ0v) is 13.6. The van der Waals surface area contributed by atoms with Crippen molar-refractivity contribution in [2.45, 2.75) is 78.1 Å². The van der Waals surface area contributed by atoms with Gasteiger partial charge in [-0.05, 0) is 63.2 Å². The van der Waals surface area contributed by atoms with E-state index < -0.39 is 0 Å². The smallest absolute Gasteiger partial charge is 0.311 e. The van der Waals surface area contributed by atoms with Crippen LogP contribution in [0.25, 0.3) is 0 Å². The maximum Gasteiger partial charge on any atom is 0.311 e. The van der Waals surface area contributed by atoms with E-state index >= 15 is 0 Å². The molecule has 0 heterocycles. The molecule has 0 N–H and O–H groups in total. The van der Waals surface area contributed by atoms with Crippen molar-refractivity contribution in [1.29, 1.82) is 0 Å². The first-order valence-electron chi connectivity index (χ1n) is 8.67. The Morgan fingerprint density at radius 3 is 2.10 bits per heavy atom. The molecule has 2 rings (SSSR count). The Balaban J connectivity index is 1.79. The van der Waals surface area contributed by atoms with E-state index in [2.05, 4.69) is 13.8 Å². The zero-order chi connectivity index (χ0) is 14.6. The minimum Gasteiger partial charge on any atom is -0.469 e. The molecular formula is C18H32O2. The van der Waals surface area contributed by atoms with Gasteiger partial charge in [0.2, 0.25) is 0 Å². The van der Waals surface area contributed by atoms with Crippen molar-refractivity contribution >= 4 is 5.97 Å². The monoisotopic (exact) mass is 280 g/mol. The third kappa shape index (κ3) is 3.56. The molecule has 0 aromatic rings. The standard InChI is InChI=1S/C18H32O2/c1-4-5-14-6-8-15(9-7-14)16-10-12-18(2,13-11-16)17(19)20-3/h14-16H,4-13H2,1-3H3. The lowest BCUT2D eigenvalue weighted by Crippen LogP contribution is -2.36. The van der Waals surface area contributed by atoms with Crippen LogP contribution < -0.4 is 0 Å². The molecule has 2 aliphatic rings. The maximum atomic E-state index is 11.9. The molecule has 0 bridgehead atoms. The van der Waals surface area contributed by atoms with Gasteiger partial charge in [0.25, 0.3) is 0 Å². The summed E-state index contributed by atoms with van der Waals surface area (Å²) in [6.45, 7) is 4.40. The van der Waals surface area contributed by atoms with Crippen molar-refractivity contribution in [2.24, 2.45) is 23.2 Å². The normalized spacial score (nSPS) is 38.5. The molecule has 2 aliphatic carbocycles. The van der Waals surface area contributed by atoms with Gasteiger partial charge in [-0.15, -0.1) is 0 Å². The third-order valence-corrected chi connectivity index (χ3v) is 6.07. The lowest BCUT2D eigenvalue weighted by molar-refractivity contribution is -0.154. The Morgan fingerprint density at radius 2 is 1.60 bits per heavy atom. The van der Waals surface area contributed by atoms with Gasteiger partial charge in [0.05, 0.1) is 12.5 Å². The molecule has 0 atom stereocenters. The fourth-order valence-corrected chi connectivity index (χ4v) is 4.56. The molecular weight excluding hydrogens is 248 g/mol. The van der Waals surface area contributed by atoms with Crippen LogP contribution >= 0.6 is 0 Å². The second-order valence-electron chi connectivity index (χ2n) is 7.46. The SMILES string of the molecule is CCCC1CCC(C2CCC(C)(C(=O)OC)CC2)CC1. The van der Waals surface area contributed by atoms with Crippen molar-refractivity contribution in [1.82, 2.24) is 0 Å². The van der Waals surface area contributed by atoms with Crippen molar-refractivity contribution < 1.29 is 9.53 Å². The molecule has 116 valence electrons. The van der Waals surface area contributed by atoms with E-state index in [-0.39, 0.29) is 11.4 Å². The van der Waals surface area contributed by atoms with E-state index in [4.69, 9.17) is 4.74 Å². The fraction of sp³-hybridized carbons (Fsp3) is 0.944. The zero-order valence-electron chi connectivity index (χ0n) is 13.6. The maximum absolute atomic E-state index is 11.9. The summed E-state index contributed by atoms with van der Waals surface area (Å²) in [7, 11) is 1.52. The van der Waals surface area contributed by atoms with Gasteiger partial charge >= 0.3 is 5.97 Å². The van der Waals surface area contributed by atoms with E-state index in [0.717, 1.165) is 30.6 Å². The molecule has 0 saturated heterocycles. The number of hydrogen-bond donors (Lipinski definition) is 0. The van der Waals surface area contributed by atoms with E-state index in [0.29, 0.717) is 0 Å². The minimum atomic E-state index is -0.204. The first kappa shape index (κ1) is 15.9. The molecule has 0 unspecified atom stereocenters. The first-order valence-corrected chi connectivity index (χ1v) is 8.67. The molecule has 0 aromatic heterocycles. The van der Waals surface area contributed by atoms with Crippen molar-refractivity contribution in [3.63, 3.8) is 0 Å². The average molecular weight is 280 g/mol. The highest BCUT2D eigenvalue weighted by Crippen LogP contribution is 2.46. The van der Waals surface area contributed by atoms with Gasteiger partial charge < -0.3 is 4.74 Å². The van der Waals surface area contributed by atoms with Crippen LogP contribution in [0.4, 0.5) is 0 Å². The van der Waals surface area contributed by atoms with Crippen LogP contribution in [0.15, 0.2) is 0 Å². The second-order valence-corrected chi connectivity index (χ2v) is 7.46. The predicted octanol–water partition coefficient (Wildman–Crippen LogP) is 4.96. The molecule has 2 heteroatoms. The van der Waals surface area contributed by atoms with E-state index in [1.807, 2.05) is 0 Å². The van der Waals surface area contributed by atoms with Crippen LogP contribution in [-0.2, 0) is 9.53 Å². The van der Waals surface area contributed by atoms with Gasteiger partial charge in [-0.25, -0.2) is 0 Å². The largest absolute Gasteiger partial charge is 0.469 e. The molecule has 2 nitrogen and oxygen atoms in total. The van der Waals surface area contributed by atoms with Gasteiger partial charge in [0, 0.05) is 0 Å². The van der Waals surface area contributed by atoms with Crippen LogP contribution in [0, 0.1) is 23.2 Å². The molecule has 0 spiro atoms. The number of rotatable bonds is 4. The summed E-state index contributed by atoms with van der Waals surface area (Å²) in [6, 6.07) is 0. The summed E-state index contributed by atoms with van der Waals surface area (Å²) in [6.07, 6.45) is 13.1. The van der Waals surface area contributed by atoms with Gasteiger partial charge in [-0.3, -0.25) is 4.79 Å². The highest BCUT2D eigenvalue weighted by Gasteiger charge is 2.40. The van der Waals surface area contributed by atoms with Crippen LogP contribution in [0.3, 0.4) is 0 Å².